The molecule has 2 unspecified atom stereocenters. The van der Waals surface area contributed by atoms with Gasteiger partial charge >= 0.3 is 0 Å². The summed E-state index contributed by atoms with van der Waals surface area (Å²) in [5, 5.41) is 1.05. The van der Waals surface area contributed by atoms with Crippen LogP contribution in [-0.2, 0) is 6.54 Å². The summed E-state index contributed by atoms with van der Waals surface area (Å²) in [6.07, 6.45) is 0. The smallest absolute Gasteiger partial charge is 0.261 e. The molecule has 7 heteroatoms. The number of hydrogen-bond donors (Lipinski definition) is 0. The van der Waals surface area contributed by atoms with Gasteiger partial charge in [-0.25, -0.2) is 9.37 Å². The van der Waals surface area contributed by atoms with Gasteiger partial charge in [0.1, 0.15) is 17.5 Å². The van der Waals surface area contributed by atoms with Crippen molar-refractivity contribution in [3.05, 3.63) is 110 Å². The Hall–Kier alpha value is -3.51. The average molecular weight is 517 g/mol. The lowest BCUT2D eigenvalue weighted by molar-refractivity contribution is 0.242. The summed E-state index contributed by atoms with van der Waals surface area (Å²) < 4.78 is 16.3. The first kappa shape index (κ1) is 25.2. The average Bonchev–Trinajstić information content (AvgIpc) is 3.24. The van der Waals surface area contributed by atoms with Gasteiger partial charge < -0.3 is 4.90 Å². The van der Waals surface area contributed by atoms with Crippen LogP contribution in [0.1, 0.15) is 49.3 Å². The molecular formula is C30H30ClFN4O. The number of aromatic nitrogens is 2. The van der Waals surface area contributed by atoms with Gasteiger partial charge in [-0.2, -0.15) is 0 Å². The highest BCUT2D eigenvalue weighted by atomic mass is 35.5. The quantitative estimate of drug-likeness (QED) is 0.298. The lowest BCUT2D eigenvalue weighted by Crippen LogP contribution is -2.40. The molecule has 2 heterocycles. The van der Waals surface area contributed by atoms with Gasteiger partial charge in [0.25, 0.3) is 5.56 Å². The van der Waals surface area contributed by atoms with Crippen molar-refractivity contribution in [3.63, 3.8) is 0 Å². The minimum atomic E-state index is -0.271. The zero-order valence-corrected chi connectivity index (χ0v) is 22.2. The second-order valence-corrected chi connectivity index (χ2v) is 10.6. The van der Waals surface area contributed by atoms with E-state index in [4.69, 9.17) is 21.6 Å². The van der Waals surface area contributed by atoms with Gasteiger partial charge in [0.15, 0.2) is 0 Å². The van der Waals surface area contributed by atoms with Gasteiger partial charge in [0, 0.05) is 17.1 Å². The zero-order valence-electron chi connectivity index (χ0n) is 21.5. The van der Waals surface area contributed by atoms with Crippen molar-refractivity contribution in [1.29, 1.82) is 0 Å². The number of benzene rings is 3. The number of halogens is 2. The SMILES string of the molecule is Cc1ccc(C2=NC(C)CN2C(c2nc3cc(Cl)ccc3c(=O)n2Cc2ccccc2)C(C)C)cc1F. The topological polar surface area (TPSA) is 50.5 Å². The van der Waals surface area contributed by atoms with E-state index in [0.717, 1.165) is 17.0 Å². The van der Waals surface area contributed by atoms with E-state index in [0.29, 0.717) is 40.4 Å². The Bertz CT molecular complexity index is 1550. The zero-order chi connectivity index (χ0) is 26.3. The maximum atomic E-state index is 14.6. The summed E-state index contributed by atoms with van der Waals surface area (Å²) in [5.74, 6) is 1.18. The fourth-order valence-electron chi connectivity index (χ4n) is 5.07. The molecule has 0 aliphatic carbocycles. The summed E-state index contributed by atoms with van der Waals surface area (Å²) >= 11 is 6.30. The molecule has 5 rings (SSSR count). The molecular weight excluding hydrogens is 487 g/mol. The molecule has 4 aromatic rings. The molecule has 37 heavy (non-hydrogen) atoms. The van der Waals surface area contributed by atoms with Crippen LogP contribution in [-0.4, -0.2) is 32.9 Å². The molecule has 5 nitrogen and oxygen atoms in total. The molecule has 0 saturated carbocycles. The number of fused-ring (bicyclic) bond motifs is 1. The van der Waals surface area contributed by atoms with Crippen molar-refractivity contribution in [2.45, 2.75) is 46.3 Å². The van der Waals surface area contributed by atoms with E-state index in [9.17, 15) is 9.18 Å². The van der Waals surface area contributed by atoms with Crippen molar-refractivity contribution in [3.8, 4) is 0 Å². The minimum Gasteiger partial charge on any atom is -0.344 e. The molecule has 1 aromatic heterocycles. The number of rotatable bonds is 6. The van der Waals surface area contributed by atoms with E-state index >= 15 is 0 Å². The molecule has 0 N–H and O–H groups in total. The van der Waals surface area contributed by atoms with E-state index in [1.165, 1.54) is 0 Å². The fraction of sp³-hybridized carbons (Fsp3) is 0.300. The molecule has 0 bridgehead atoms. The monoisotopic (exact) mass is 516 g/mol. The number of aliphatic imine (C=N–C) groups is 1. The largest absolute Gasteiger partial charge is 0.344 e. The van der Waals surface area contributed by atoms with Gasteiger partial charge in [0.2, 0.25) is 0 Å². The number of amidine groups is 1. The predicted octanol–water partition coefficient (Wildman–Crippen LogP) is 6.39. The molecule has 1 aliphatic heterocycles. The van der Waals surface area contributed by atoms with Crippen molar-refractivity contribution in [2.24, 2.45) is 10.9 Å². The minimum absolute atomic E-state index is 0.0183. The predicted molar refractivity (Wildman–Crippen MR) is 148 cm³/mol. The summed E-state index contributed by atoms with van der Waals surface area (Å²) in [6, 6.07) is 20.1. The van der Waals surface area contributed by atoms with E-state index in [-0.39, 0.29) is 29.4 Å². The van der Waals surface area contributed by atoms with Crippen LogP contribution >= 0.6 is 11.6 Å². The molecule has 1 aliphatic rings. The first-order chi connectivity index (χ1) is 17.7. The van der Waals surface area contributed by atoms with Crippen LogP contribution in [0.3, 0.4) is 0 Å². The highest BCUT2D eigenvalue weighted by Crippen LogP contribution is 2.33. The Kier molecular flexibility index (Phi) is 6.86. The Labute approximate surface area is 221 Å². The van der Waals surface area contributed by atoms with Crippen LogP contribution in [0, 0.1) is 18.7 Å². The summed E-state index contributed by atoms with van der Waals surface area (Å²) in [6.45, 7) is 9.05. The summed E-state index contributed by atoms with van der Waals surface area (Å²) in [7, 11) is 0. The normalized spacial score (nSPS) is 16.5. The van der Waals surface area contributed by atoms with Crippen LogP contribution in [0.5, 0.6) is 0 Å². The number of hydrogen-bond acceptors (Lipinski definition) is 4. The first-order valence-electron chi connectivity index (χ1n) is 12.6. The summed E-state index contributed by atoms with van der Waals surface area (Å²) in [5.41, 5.74) is 2.77. The van der Waals surface area contributed by atoms with Gasteiger partial charge in [0.05, 0.1) is 29.5 Å². The van der Waals surface area contributed by atoms with Crippen LogP contribution in [0.4, 0.5) is 4.39 Å². The van der Waals surface area contributed by atoms with Crippen LogP contribution < -0.4 is 5.56 Å². The van der Waals surface area contributed by atoms with Crippen LogP contribution in [0.25, 0.3) is 10.9 Å². The molecule has 2 atom stereocenters. The van der Waals surface area contributed by atoms with E-state index < -0.39 is 0 Å². The molecule has 0 spiro atoms. The number of aryl methyl sites for hydroxylation is 1. The van der Waals surface area contributed by atoms with Gasteiger partial charge in [-0.1, -0.05) is 67.9 Å². The van der Waals surface area contributed by atoms with Crippen LogP contribution in [0.2, 0.25) is 5.02 Å². The molecule has 3 aromatic carbocycles. The standard InChI is InChI=1S/C30H30ClFN4O/c1-18(2)27(35-16-20(4)33-28(35)22-11-10-19(3)25(32)14-22)29-34-26-15-23(31)12-13-24(26)30(37)36(29)17-21-8-6-5-7-9-21/h5-15,18,20,27H,16-17H2,1-4H3. The maximum Gasteiger partial charge on any atom is 0.261 e. The summed E-state index contributed by atoms with van der Waals surface area (Å²) in [4.78, 5) is 26.0. The third kappa shape index (κ3) is 4.90. The van der Waals surface area contributed by atoms with Crippen molar-refractivity contribution >= 4 is 28.3 Å². The van der Waals surface area contributed by atoms with Crippen molar-refractivity contribution in [2.75, 3.05) is 6.54 Å². The Morgan fingerprint density at radius 3 is 2.54 bits per heavy atom. The Balaban J connectivity index is 1.71. The molecule has 190 valence electrons. The van der Waals surface area contributed by atoms with E-state index in [1.807, 2.05) is 43.3 Å². The third-order valence-electron chi connectivity index (χ3n) is 6.87. The maximum absolute atomic E-state index is 14.6. The highest BCUT2D eigenvalue weighted by Gasteiger charge is 2.35. The van der Waals surface area contributed by atoms with Crippen molar-refractivity contribution < 1.29 is 4.39 Å². The van der Waals surface area contributed by atoms with Gasteiger partial charge in [-0.15, -0.1) is 0 Å². The Morgan fingerprint density at radius 1 is 1.08 bits per heavy atom. The number of nitrogens with zero attached hydrogens (tertiary/aromatic N) is 4. The molecule has 0 fully saturated rings. The second-order valence-electron chi connectivity index (χ2n) is 10.1. The Morgan fingerprint density at radius 2 is 1.84 bits per heavy atom. The van der Waals surface area contributed by atoms with Gasteiger partial charge in [-0.05, 0) is 55.2 Å². The van der Waals surface area contributed by atoms with Crippen molar-refractivity contribution in [1.82, 2.24) is 14.5 Å². The van der Waals surface area contributed by atoms with Crippen LogP contribution in [0.15, 0.2) is 76.5 Å². The second kappa shape index (κ2) is 10.1. The van der Waals surface area contributed by atoms with E-state index in [2.05, 4.69) is 18.7 Å². The van der Waals surface area contributed by atoms with E-state index in [1.54, 1.807) is 41.8 Å². The molecule has 0 amide bonds. The van der Waals surface area contributed by atoms with Gasteiger partial charge in [-0.3, -0.25) is 14.4 Å². The molecule has 0 radical (unpaired) electrons. The third-order valence-corrected chi connectivity index (χ3v) is 7.10. The first-order valence-corrected chi connectivity index (χ1v) is 13.0. The molecule has 0 saturated heterocycles. The highest BCUT2D eigenvalue weighted by molar-refractivity contribution is 6.31. The fourth-order valence-corrected chi connectivity index (χ4v) is 5.23. The lowest BCUT2D eigenvalue weighted by atomic mass is 9.99. The lowest BCUT2D eigenvalue weighted by Gasteiger charge is -2.35.